The topological polar surface area (TPSA) is 42.4 Å². The van der Waals surface area contributed by atoms with Gasteiger partial charge in [-0.1, -0.05) is 30.3 Å². The first-order valence-corrected chi connectivity index (χ1v) is 9.55. The van der Waals surface area contributed by atoms with Crippen LogP contribution in [-0.2, 0) is 6.42 Å². The van der Waals surface area contributed by atoms with Gasteiger partial charge in [-0.3, -0.25) is 9.78 Å². The highest BCUT2D eigenvalue weighted by atomic mass is 16.5. The minimum atomic E-state index is -0.00854. The van der Waals surface area contributed by atoms with Gasteiger partial charge in [0.25, 0.3) is 5.91 Å². The van der Waals surface area contributed by atoms with Gasteiger partial charge in [0.15, 0.2) is 0 Å². The fourth-order valence-corrected chi connectivity index (χ4v) is 3.77. The van der Waals surface area contributed by atoms with E-state index in [-0.39, 0.29) is 12.0 Å². The van der Waals surface area contributed by atoms with E-state index in [9.17, 15) is 4.79 Å². The summed E-state index contributed by atoms with van der Waals surface area (Å²) in [5.41, 5.74) is 5.85. The molecule has 2 heterocycles. The van der Waals surface area contributed by atoms with Crippen molar-refractivity contribution in [3.63, 3.8) is 0 Å². The number of pyridine rings is 1. The Morgan fingerprint density at radius 3 is 2.71 bits per heavy atom. The van der Waals surface area contributed by atoms with Crippen LogP contribution in [0.1, 0.15) is 27.2 Å². The van der Waals surface area contributed by atoms with Crippen molar-refractivity contribution in [1.29, 1.82) is 0 Å². The van der Waals surface area contributed by atoms with Gasteiger partial charge in [0.2, 0.25) is 0 Å². The van der Waals surface area contributed by atoms with Gasteiger partial charge >= 0.3 is 0 Å². The highest BCUT2D eigenvalue weighted by molar-refractivity contribution is 5.95. The van der Waals surface area contributed by atoms with E-state index in [1.807, 2.05) is 68.6 Å². The monoisotopic (exact) mass is 372 g/mol. The number of rotatable bonds is 4. The molecule has 1 unspecified atom stereocenters. The van der Waals surface area contributed by atoms with E-state index in [1.54, 1.807) is 4.90 Å². The summed E-state index contributed by atoms with van der Waals surface area (Å²) in [5.74, 6) is 0.919. The Balaban J connectivity index is 1.49. The molecule has 1 aliphatic heterocycles. The molecule has 1 aromatic heterocycles. The molecular weight excluding hydrogens is 348 g/mol. The summed E-state index contributed by atoms with van der Waals surface area (Å²) in [5, 5.41) is 0. The number of hydrogen-bond acceptors (Lipinski definition) is 3. The van der Waals surface area contributed by atoms with E-state index in [2.05, 4.69) is 18.0 Å². The SMILES string of the molecule is Cc1cc(C)nc(-c2cccc(C(=O)N(C)CC3Cc4ccccc4O3)c2)c1. The third kappa shape index (κ3) is 3.77. The van der Waals surface area contributed by atoms with Gasteiger partial charge in [0, 0.05) is 30.3 Å². The first-order chi connectivity index (χ1) is 13.5. The Bertz CT molecular complexity index is 983. The molecule has 0 fully saturated rings. The van der Waals surface area contributed by atoms with Crippen molar-refractivity contribution >= 4 is 5.91 Å². The number of aryl methyl sites for hydroxylation is 2. The second kappa shape index (κ2) is 7.47. The Morgan fingerprint density at radius 2 is 1.93 bits per heavy atom. The molecule has 28 heavy (non-hydrogen) atoms. The summed E-state index contributed by atoms with van der Waals surface area (Å²) in [7, 11) is 1.83. The van der Waals surface area contributed by atoms with Gasteiger partial charge in [-0.2, -0.15) is 0 Å². The van der Waals surface area contributed by atoms with Gasteiger partial charge in [-0.25, -0.2) is 0 Å². The lowest BCUT2D eigenvalue weighted by atomic mass is 10.0. The third-order valence-corrected chi connectivity index (χ3v) is 5.04. The number of carbonyl (C=O) groups is 1. The Hall–Kier alpha value is -3.14. The van der Waals surface area contributed by atoms with Crippen LogP contribution in [0.25, 0.3) is 11.3 Å². The van der Waals surface area contributed by atoms with Gasteiger partial charge in [0.05, 0.1) is 12.2 Å². The second-order valence-electron chi connectivity index (χ2n) is 7.49. The highest BCUT2D eigenvalue weighted by Gasteiger charge is 2.25. The zero-order valence-electron chi connectivity index (χ0n) is 16.5. The first kappa shape index (κ1) is 18.2. The van der Waals surface area contributed by atoms with Gasteiger partial charge < -0.3 is 9.64 Å². The van der Waals surface area contributed by atoms with Crippen LogP contribution in [0, 0.1) is 13.8 Å². The summed E-state index contributed by atoms with van der Waals surface area (Å²) in [6.07, 6.45) is 0.830. The largest absolute Gasteiger partial charge is 0.488 e. The van der Waals surface area contributed by atoms with E-state index < -0.39 is 0 Å². The summed E-state index contributed by atoms with van der Waals surface area (Å²) in [6, 6.07) is 19.8. The van der Waals surface area contributed by atoms with Crippen molar-refractivity contribution in [3.05, 3.63) is 83.0 Å². The van der Waals surface area contributed by atoms with E-state index in [0.29, 0.717) is 12.1 Å². The average Bonchev–Trinajstić information content (AvgIpc) is 3.09. The molecule has 1 atom stereocenters. The van der Waals surface area contributed by atoms with Crippen LogP contribution in [0.15, 0.2) is 60.7 Å². The fraction of sp³-hybridized carbons (Fsp3) is 0.250. The minimum Gasteiger partial charge on any atom is -0.488 e. The zero-order chi connectivity index (χ0) is 19.7. The molecule has 4 nitrogen and oxygen atoms in total. The average molecular weight is 372 g/mol. The van der Waals surface area contributed by atoms with Crippen LogP contribution in [0.4, 0.5) is 0 Å². The van der Waals surface area contributed by atoms with Crippen molar-refractivity contribution < 1.29 is 9.53 Å². The Morgan fingerprint density at radius 1 is 1.11 bits per heavy atom. The lowest BCUT2D eigenvalue weighted by molar-refractivity contribution is 0.0730. The lowest BCUT2D eigenvalue weighted by Gasteiger charge is -2.21. The first-order valence-electron chi connectivity index (χ1n) is 9.55. The van der Waals surface area contributed by atoms with Crippen LogP contribution in [0.5, 0.6) is 5.75 Å². The second-order valence-corrected chi connectivity index (χ2v) is 7.49. The molecule has 3 aromatic rings. The maximum atomic E-state index is 13.0. The van der Waals surface area contributed by atoms with E-state index >= 15 is 0 Å². The fourth-order valence-electron chi connectivity index (χ4n) is 3.77. The number of likely N-dealkylation sites (N-methyl/N-ethyl adjacent to an activating group) is 1. The summed E-state index contributed by atoms with van der Waals surface area (Å²) in [6.45, 7) is 4.60. The Labute approximate surface area is 165 Å². The predicted octanol–water partition coefficient (Wildman–Crippen LogP) is 4.44. The standard InChI is InChI=1S/C24H24N2O2/c1-16-11-17(2)25-22(12-16)18-8-6-9-20(13-18)24(27)26(3)15-21-14-19-7-4-5-10-23(19)28-21/h4-13,21H,14-15H2,1-3H3. The van der Waals surface area contributed by atoms with Gasteiger partial charge in [0.1, 0.15) is 11.9 Å². The number of amides is 1. The van der Waals surface area contributed by atoms with Crippen LogP contribution >= 0.6 is 0 Å². The molecule has 1 aliphatic rings. The molecule has 0 saturated carbocycles. The quantitative estimate of drug-likeness (QED) is 0.680. The number of benzene rings is 2. The number of ether oxygens (including phenoxy) is 1. The van der Waals surface area contributed by atoms with Crippen molar-refractivity contribution in [3.8, 4) is 17.0 Å². The van der Waals surface area contributed by atoms with E-state index in [0.717, 1.165) is 34.7 Å². The van der Waals surface area contributed by atoms with Crippen LogP contribution < -0.4 is 4.74 Å². The molecule has 0 spiro atoms. The number of hydrogen-bond donors (Lipinski definition) is 0. The third-order valence-electron chi connectivity index (χ3n) is 5.04. The van der Waals surface area contributed by atoms with Crippen molar-refractivity contribution in [1.82, 2.24) is 9.88 Å². The number of para-hydroxylation sites is 1. The van der Waals surface area contributed by atoms with Crippen molar-refractivity contribution in [2.45, 2.75) is 26.4 Å². The molecule has 0 N–H and O–H groups in total. The summed E-state index contributed by atoms with van der Waals surface area (Å²) in [4.78, 5) is 19.3. The summed E-state index contributed by atoms with van der Waals surface area (Å²) >= 11 is 0. The zero-order valence-corrected chi connectivity index (χ0v) is 16.5. The number of nitrogens with zero attached hydrogens (tertiary/aromatic N) is 2. The Kier molecular flexibility index (Phi) is 4.86. The van der Waals surface area contributed by atoms with E-state index in [1.165, 1.54) is 5.56 Å². The smallest absolute Gasteiger partial charge is 0.253 e. The van der Waals surface area contributed by atoms with Gasteiger partial charge in [-0.05, 0) is 55.3 Å². The number of carbonyl (C=O) groups excluding carboxylic acids is 1. The highest BCUT2D eigenvalue weighted by Crippen LogP contribution is 2.28. The molecule has 4 rings (SSSR count). The summed E-state index contributed by atoms with van der Waals surface area (Å²) < 4.78 is 5.98. The maximum absolute atomic E-state index is 13.0. The van der Waals surface area contributed by atoms with Crippen molar-refractivity contribution in [2.24, 2.45) is 0 Å². The maximum Gasteiger partial charge on any atom is 0.253 e. The minimum absolute atomic E-state index is 0.00405. The van der Waals surface area contributed by atoms with Crippen LogP contribution in [0.2, 0.25) is 0 Å². The molecule has 0 radical (unpaired) electrons. The van der Waals surface area contributed by atoms with Crippen molar-refractivity contribution in [2.75, 3.05) is 13.6 Å². The molecule has 0 bridgehead atoms. The number of aromatic nitrogens is 1. The molecule has 4 heteroatoms. The van der Waals surface area contributed by atoms with E-state index in [4.69, 9.17) is 4.74 Å². The molecule has 2 aromatic carbocycles. The molecule has 0 saturated heterocycles. The molecule has 142 valence electrons. The normalized spacial score (nSPS) is 15.0. The molecule has 0 aliphatic carbocycles. The number of fused-ring (bicyclic) bond motifs is 1. The lowest BCUT2D eigenvalue weighted by Crippen LogP contribution is -2.36. The van der Waals surface area contributed by atoms with Crippen LogP contribution in [-0.4, -0.2) is 35.5 Å². The predicted molar refractivity (Wildman–Crippen MR) is 111 cm³/mol. The van der Waals surface area contributed by atoms with Crippen LogP contribution in [0.3, 0.4) is 0 Å². The molecule has 1 amide bonds. The van der Waals surface area contributed by atoms with Gasteiger partial charge in [-0.15, -0.1) is 0 Å². The molecular formula is C24H24N2O2.